The van der Waals surface area contributed by atoms with Crippen LogP contribution in [0.1, 0.15) is 42.7 Å². The van der Waals surface area contributed by atoms with Gasteiger partial charge >= 0.3 is 0 Å². The van der Waals surface area contributed by atoms with Gasteiger partial charge in [-0.05, 0) is 54.5 Å². The van der Waals surface area contributed by atoms with E-state index in [4.69, 9.17) is 11.6 Å². The fourth-order valence-corrected chi connectivity index (χ4v) is 4.11. The number of hydrogen-bond donors (Lipinski definition) is 1. The van der Waals surface area contributed by atoms with Crippen molar-refractivity contribution in [1.29, 1.82) is 0 Å². The molecule has 2 amide bonds. The highest BCUT2D eigenvalue weighted by Gasteiger charge is 2.44. The van der Waals surface area contributed by atoms with Crippen molar-refractivity contribution in [3.8, 4) is 0 Å². The number of benzene rings is 2. The molecule has 4 rings (SSSR count). The Balaban J connectivity index is 1.35. The topological polar surface area (TPSA) is 49.4 Å². The van der Waals surface area contributed by atoms with Crippen LogP contribution in [0, 0.1) is 5.92 Å². The molecule has 0 spiro atoms. The number of amides is 2. The summed E-state index contributed by atoms with van der Waals surface area (Å²) in [5.74, 6) is 0.468. The lowest BCUT2D eigenvalue weighted by Gasteiger charge is -2.27. The number of piperidine rings is 1. The van der Waals surface area contributed by atoms with Crippen LogP contribution in [0.5, 0.6) is 0 Å². The first-order chi connectivity index (χ1) is 13.1. The molecular weight excluding hydrogens is 360 g/mol. The van der Waals surface area contributed by atoms with Gasteiger partial charge < -0.3 is 10.2 Å². The second kappa shape index (κ2) is 7.73. The van der Waals surface area contributed by atoms with E-state index in [0.29, 0.717) is 13.0 Å². The summed E-state index contributed by atoms with van der Waals surface area (Å²) in [6.45, 7) is 1.25. The predicted molar refractivity (Wildman–Crippen MR) is 107 cm³/mol. The van der Waals surface area contributed by atoms with E-state index < -0.39 is 0 Å². The molecule has 2 fully saturated rings. The summed E-state index contributed by atoms with van der Waals surface area (Å²) >= 11 is 6.24. The van der Waals surface area contributed by atoms with Gasteiger partial charge in [-0.15, -0.1) is 0 Å². The quantitative estimate of drug-likeness (QED) is 0.839. The van der Waals surface area contributed by atoms with E-state index in [2.05, 4.69) is 5.32 Å². The molecule has 2 unspecified atom stereocenters. The summed E-state index contributed by atoms with van der Waals surface area (Å²) in [6, 6.07) is 15.6. The van der Waals surface area contributed by atoms with Crippen LogP contribution in [0.15, 0.2) is 48.5 Å². The first-order valence-corrected chi connectivity index (χ1v) is 9.93. The van der Waals surface area contributed by atoms with E-state index in [0.717, 1.165) is 47.6 Å². The Hall–Kier alpha value is -2.33. The number of carbonyl (C=O) groups excluding carboxylic acids is 2. The lowest BCUT2D eigenvalue weighted by Crippen LogP contribution is -2.35. The number of anilines is 1. The van der Waals surface area contributed by atoms with Crippen molar-refractivity contribution >= 4 is 29.1 Å². The monoisotopic (exact) mass is 382 g/mol. The Labute approximate surface area is 164 Å². The summed E-state index contributed by atoms with van der Waals surface area (Å²) in [4.78, 5) is 26.5. The van der Waals surface area contributed by atoms with Gasteiger partial charge in [-0.1, -0.05) is 41.9 Å². The number of hydrogen-bond acceptors (Lipinski definition) is 2. The van der Waals surface area contributed by atoms with E-state index >= 15 is 0 Å². The molecule has 27 heavy (non-hydrogen) atoms. The van der Waals surface area contributed by atoms with Gasteiger partial charge in [0.1, 0.15) is 0 Å². The molecule has 0 aromatic heterocycles. The van der Waals surface area contributed by atoms with E-state index in [1.54, 1.807) is 0 Å². The maximum absolute atomic E-state index is 12.5. The number of nitrogens with zero attached hydrogens (tertiary/aromatic N) is 1. The Bertz CT molecular complexity index is 867. The van der Waals surface area contributed by atoms with Crippen molar-refractivity contribution in [1.82, 2.24) is 5.32 Å². The standard InChI is InChI=1S/C22H23ClN2O2/c23-20-9-2-1-8-17(20)18-13-19(18)22(27)24-14-15-6-5-7-16(12-15)25-11-4-3-10-21(25)26/h1-2,5-9,12,18-19H,3-4,10-11,13-14H2,(H,24,27). The first kappa shape index (κ1) is 18.1. The Morgan fingerprint density at radius 3 is 2.81 bits per heavy atom. The molecule has 5 heteroatoms. The zero-order valence-corrected chi connectivity index (χ0v) is 15.9. The molecule has 1 saturated carbocycles. The minimum atomic E-state index is -0.00300. The largest absolute Gasteiger partial charge is 0.352 e. The van der Waals surface area contributed by atoms with Gasteiger partial charge in [0.15, 0.2) is 0 Å². The molecule has 1 N–H and O–H groups in total. The van der Waals surface area contributed by atoms with Crippen LogP contribution in [0.3, 0.4) is 0 Å². The average molecular weight is 383 g/mol. The van der Waals surface area contributed by atoms with Crippen molar-refractivity contribution < 1.29 is 9.59 Å². The van der Waals surface area contributed by atoms with Crippen LogP contribution < -0.4 is 10.2 Å². The SMILES string of the molecule is O=C(NCc1cccc(N2CCCCC2=O)c1)C1CC1c1ccccc1Cl. The summed E-state index contributed by atoms with van der Waals surface area (Å²) in [5.41, 5.74) is 2.99. The van der Waals surface area contributed by atoms with Gasteiger partial charge in [-0.25, -0.2) is 0 Å². The number of rotatable bonds is 5. The van der Waals surface area contributed by atoms with E-state index in [-0.39, 0.29) is 23.7 Å². The molecule has 2 aromatic carbocycles. The Kier molecular flexibility index (Phi) is 5.17. The van der Waals surface area contributed by atoms with Crippen LogP contribution in [0.4, 0.5) is 5.69 Å². The summed E-state index contributed by atoms with van der Waals surface area (Å²) < 4.78 is 0. The average Bonchev–Trinajstić information content (AvgIpc) is 3.48. The molecule has 1 heterocycles. The molecule has 2 aromatic rings. The summed E-state index contributed by atoms with van der Waals surface area (Å²) in [7, 11) is 0. The van der Waals surface area contributed by atoms with Crippen molar-refractivity contribution in [3.63, 3.8) is 0 Å². The minimum Gasteiger partial charge on any atom is -0.352 e. The molecule has 0 bridgehead atoms. The highest BCUT2D eigenvalue weighted by atomic mass is 35.5. The summed E-state index contributed by atoms with van der Waals surface area (Å²) in [5, 5.41) is 3.77. The highest BCUT2D eigenvalue weighted by Crippen LogP contribution is 2.49. The van der Waals surface area contributed by atoms with E-state index in [1.807, 2.05) is 53.4 Å². The second-order valence-electron chi connectivity index (χ2n) is 7.36. The lowest BCUT2D eigenvalue weighted by atomic mass is 10.1. The van der Waals surface area contributed by atoms with Gasteiger partial charge in [0.05, 0.1) is 0 Å². The van der Waals surface area contributed by atoms with Crippen LogP contribution >= 0.6 is 11.6 Å². The van der Waals surface area contributed by atoms with Crippen LogP contribution in [-0.2, 0) is 16.1 Å². The van der Waals surface area contributed by atoms with Gasteiger partial charge in [-0.3, -0.25) is 9.59 Å². The highest BCUT2D eigenvalue weighted by molar-refractivity contribution is 6.31. The molecule has 1 aliphatic carbocycles. The van der Waals surface area contributed by atoms with E-state index in [1.165, 1.54) is 0 Å². The fraction of sp³-hybridized carbons (Fsp3) is 0.364. The molecule has 2 atom stereocenters. The van der Waals surface area contributed by atoms with Gasteiger partial charge in [-0.2, -0.15) is 0 Å². The third-order valence-corrected chi connectivity index (χ3v) is 5.79. The number of carbonyl (C=O) groups is 2. The minimum absolute atomic E-state index is 0.00300. The predicted octanol–water partition coefficient (Wildman–Crippen LogP) is 4.28. The number of halogens is 1. The normalized spacial score (nSPS) is 21.8. The van der Waals surface area contributed by atoms with Gasteiger partial charge in [0.25, 0.3) is 0 Å². The maximum Gasteiger partial charge on any atom is 0.226 e. The zero-order chi connectivity index (χ0) is 18.8. The molecule has 0 radical (unpaired) electrons. The molecule has 4 nitrogen and oxygen atoms in total. The fourth-order valence-electron chi connectivity index (χ4n) is 3.84. The Morgan fingerprint density at radius 2 is 2.00 bits per heavy atom. The molecule has 140 valence electrons. The van der Waals surface area contributed by atoms with Gasteiger partial charge in [0.2, 0.25) is 11.8 Å². The lowest BCUT2D eigenvalue weighted by molar-refractivity contribution is -0.122. The van der Waals surface area contributed by atoms with Crippen LogP contribution in [0.25, 0.3) is 0 Å². The van der Waals surface area contributed by atoms with E-state index in [9.17, 15) is 9.59 Å². The third kappa shape index (κ3) is 4.01. The smallest absolute Gasteiger partial charge is 0.226 e. The van der Waals surface area contributed by atoms with Crippen molar-refractivity contribution in [2.24, 2.45) is 5.92 Å². The third-order valence-electron chi connectivity index (χ3n) is 5.44. The molecular formula is C22H23ClN2O2. The maximum atomic E-state index is 12.5. The summed E-state index contributed by atoms with van der Waals surface area (Å²) in [6.07, 6.45) is 3.47. The zero-order valence-electron chi connectivity index (χ0n) is 15.2. The van der Waals surface area contributed by atoms with Crippen molar-refractivity contribution in [2.75, 3.05) is 11.4 Å². The van der Waals surface area contributed by atoms with Crippen molar-refractivity contribution in [2.45, 2.75) is 38.1 Å². The van der Waals surface area contributed by atoms with Crippen LogP contribution in [-0.4, -0.2) is 18.4 Å². The Morgan fingerprint density at radius 1 is 1.15 bits per heavy atom. The van der Waals surface area contributed by atoms with Gasteiger partial charge in [0, 0.05) is 36.1 Å². The molecule has 2 aliphatic rings. The second-order valence-corrected chi connectivity index (χ2v) is 7.77. The number of nitrogens with one attached hydrogen (secondary N) is 1. The van der Waals surface area contributed by atoms with Crippen molar-refractivity contribution in [3.05, 3.63) is 64.7 Å². The molecule has 1 aliphatic heterocycles. The molecule has 1 saturated heterocycles. The first-order valence-electron chi connectivity index (χ1n) is 9.55. The van der Waals surface area contributed by atoms with Crippen LogP contribution in [0.2, 0.25) is 5.02 Å².